The zero-order valence-electron chi connectivity index (χ0n) is 13.2. The molecule has 0 bridgehead atoms. The number of benzene rings is 3. The molecule has 3 aromatic rings. The van der Waals surface area contributed by atoms with E-state index in [2.05, 4.69) is 10.6 Å². The molecular formula is C19H15FN2O2S. The van der Waals surface area contributed by atoms with Crippen molar-refractivity contribution < 1.29 is 14.0 Å². The summed E-state index contributed by atoms with van der Waals surface area (Å²) < 4.78 is 13.5. The van der Waals surface area contributed by atoms with Crippen molar-refractivity contribution in [1.82, 2.24) is 5.32 Å². The molecule has 0 atom stereocenters. The Bertz CT molecular complexity index is 930. The fourth-order valence-corrected chi connectivity index (χ4v) is 3.03. The summed E-state index contributed by atoms with van der Waals surface area (Å²) in [6.07, 6.45) is 0. The molecule has 3 aromatic carbocycles. The first-order chi connectivity index (χ1) is 12.1. The monoisotopic (exact) mass is 354 g/mol. The van der Waals surface area contributed by atoms with E-state index in [0.717, 1.165) is 15.7 Å². The Balaban J connectivity index is 1.53. The third-order valence-corrected chi connectivity index (χ3v) is 4.46. The molecule has 3 rings (SSSR count). The number of rotatable bonds is 4. The lowest BCUT2D eigenvalue weighted by Crippen LogP contribution is -2.35. The molecule has 0 saturated heterocycles. The Morgan fingerprint density at radius 2 is 1.64 bits per heavy atom. The number of carbonyl (C=O) groups excluding carboxylic acids is 2. The second-order valence-electron chi connectivity index (χ2n) is 5.28. The number of para-hydroxylation sites is 1. The van der Waals surface area contributed by atoms with Crippen LogP contribution in [-0.4, -0.2) is 17.7 Å². The summed E-state index contributed by atoms with van der Waals surface area (Å²) in [5.41, 5.74) is 0.0231. The first kappa shape index (κ1) is 17.0. The summed E-state index contributed by atoms with van der Waals surface area (Å²) in [5, 5.41) is 6.71. The van der Waals surface area contributed by atoms with Crippen LogP contribution >= 0.6 is 11.8 Å². The van der Waals surface area contributed by atoms with Gasteiger partial charge >= 0.3 is 6.03 Å². The minimum atomic E-state index is -0.755. The van der Waals surface area contributed by atoms with Crippen LogP contribution in [0.15, 0.2) is 71.6 Å². The molecule has 2 N–H and O–H groups in total. The van der Waals surface area contributed by atoms with Crippen molar-refractivity contribution in [2.45, 2.75) is 4.90 Å². The van der Waals surface area contributed by atoms with Crippen molar-refractivity contribution in [3.8, 4) is 0 Å². The summed E-state index contributed by atoms with van der Waals surface area (Å²) in [6, 6.07) is 18.9. The normalized spacial score (nSPS) is 10.4. The molecule has 4 nitrogen and oxygen atoms in total. The fraction of sp³-hybridized carbons (Fsp3) is 0.0526. The van der Waals surface area contributed by atoms with E-state index in [1.807, 2.05) is 42.5 Å². The number of thioether (sulfide) groups is 1. The number of nitrogens with one attached hydrogen (secondary N) is 2. The van der Waals surface area contributed by atoms with Gasteiger partial charge in [0.05, 0.1) is 11.4 Å². The van der Waals surface area contributed by atoms with Crippen molar-refractivity contribution in [2.24, 2.45) is 0 Å². The highest BCUT2D eigenvalue weighted by atomic mass is 32.2. The number of halogens is 1. The molecule has 0 heterocycles. The van der Waals surface area contributed by atoms with Gasteiger partial charge in [-0.3, -0.25) is 10.1 Å². The molecule has 0 unspecified atom stereocenters. The molecule has 0 fully saturated rings. The molecule has 6 heteroatoms. The Labute approximate surface area is 148 Å². The third kappa shape index (κ3) is 4.58. The van der Waals surface area contributed by atoms with Gasteiger partial charge in [0.25, 0.3) is 0 Å². The van der Waals surface area contributed by atoms with Crippen molar-refractivity contribution in [3.05, 3.63) is 72.5 Å². The van der Waals surface area contributed by atoms with Crippen molar-refractivity contribution in [2.75, 3.05) is 11.1 Å². The average molecular weight is 354 g/mol. The zero-order valence-corrected chi connectivity index (χ0v) is 14.0. The number of urea groups is 1. The molecule has 3 amide bonds. The number of imide groups is 1. The molecule has 0 radical (unpaired) electrons. The van der Waals surface area contributed by atoms with Crippen LogP contribution in [0.1, 0.15) is 0 Å². The summed E-state index contributed by atoms with van der Waals surface area (Å²) in [7, 11) is 0. The second-order valence-corrected chi connectivity index (χ2v) is 6.33. The van der Waals surface area contributed by atoms with Gasteiger partial charge in [-0.25, -0.2) is 9.18 Å². The Morgan fingerprint density at radius 3 is 2.44 bits per heavy atom. The Hall–Kier alpha value is -2.86. The largest absolute Gasteiger partial charge is 0.325 e. The van der Waals surface area contributed by atoms with Crippen LogP contribution in [-0.2, 0) is 4.79 Å². The van der Waals surface area contributed by atoms with Gasteiger partial charge in [0, 0.05) is 4.90 Å². The third-order valence-electron chi connectivity index (χ3n) is 3.47. The van der Waals surface area contributed by atoms with Gasteiger partial charge < -0.3 is 5.32 Å². The molecule has 0 spiro atoms. The topological polar surface area (TPSA) is 58.2 Å². The molecule has 25 heavy (non-hydrogen) atoms. The van der Waals surface area contributed by atoms with E-state index in [9.17, 15) is 14.0 Å². The summed E-state index contributed by atoms with van der Waals surface area (Å²) in [6.45, 7) is 0. The SMILES string of the molecule is O=C(CSc1ccc2ccccc2c1)NC(=O)Nc1ccccc1F. The van der Waals surface area contributed by atoms with E-state index in [1.165, 1.54) is 30.0 Å². The highest BCUT2D eigenvalue weighted by molar-refractivity contribution is 8.00. The lowest BCUT2D eigenvalue weighted by molar-refractivity contribution is -0.117. The highest BCUT2D eigenvalue weighted by Crippen LogP contribution is 2.23. The van der Waals surface area contributed by atoms with Crippen molar-refractivity contribution in [1.29, 1.82) is 0 Å². The number of hydrogen-bond acceptors (Lipinski definition) is 3. The van der Waals surface area contributed by atoms with Gasteiger partial charge in [0.2, 0.25) is 5.91 Å². The summed E-state index contributed by atoms with van der Waals surface area (Å²) in [5.74, 6) is -0.925. The first-order valence-corrected chi connectivity index (χ1v) is 8.57. The number of fused-ring (bicyclic) bond motifs is 1. The molecule has 0 aliphatic carbocycles. The minimum Gasteiger partial charge on any atom is -0.305 e. The summed E-state index contributed by atoms with van der Waals surface area (Å²) in [4.78, 5) is 24.6. The van der Waals surface area contributed by atoms with Crippen LogP contribution in [0, 0.1) is 5.82 Å². The van der Waals surface area contributed by atoms with Crippen molar-refractivity contribution >= 4 is 40.2 Å². The van der Waals surface area contributed by atoms with Gasteiger partial charge in [0.15, 0.2) is 0 Å². The Kier molecular flexibility index (Phi) is 5.30. The quantitative estimate of drug-likeness (QED) is 0.682. The fourth-order valence-electron chi connectivity index (χ4n) is 2.28. The van der Waals surface area contributed by atoms with E-state index in [1.54, 1.807) is 6.07 Å². The van der Waals surface area contributed by atoms with Gasteiger partial charge in [0.1, 0.15) is 5.82 Å². The number of amides is 3. The zero-order chi connectivity index (χ0) is 17.6. The number of anilines is 1. The molecule has 0 saturated carbocycles. The van der Waals surface area contributed by atoms with Crippen LogP contribution < -0.4 is 10.6 Å². The van der Waals surface area contributed by atoms with Gasteiger partial charge in [-0.15, -0.1) is 11.8 Å². The van der Waals surface area contributed by atoms with Crippen LogP contribution in [0.3, 0.4) is 0 Å². The summed E-state index contributed by atoms with van der Waals surface area (Å²) >= 11 is 1.33. The van der Waals surface area contributed by atoms with Crippen LogP contribution in [0.25, 0.3) is 10.8 Å². The minimum absolute atomic E-state index is 0.0231. The van der Waals surface area contributed by atoms with Crippen LogP contribution in [0.2, 0.25) is 0 Å². The van der Waals surface area contributed by atoms with E-state index in [0.29, 0.717) is 0 Å². The lowest BCUT2D eigenvalue weighted by Gasteiger charge is -2.07. The van der Waals surface area contributed by atoms with Gasteiger partial charge in [-0.1, -0.05) is 42.5 Å². The van der Waals surface area contributed by atoms with Gasteiger partial charge in [-0.2, -0.15) is 0 Å². The predicted octanol–water partition coefficient (Wildman–Crippen LogP) is 4.42. The van der Waals surface area contributed by atoms with E-state index >= 15 is 0 Å². The maximum Gasteiger partial charge on any atom is 0.325 e. The van der Waals surface area contributed by atoms with Crippen LogP contribution in [0.4, 0.5) is 14.9 Å². The van der Waals surface area contributed by atoms with E-state index < -0.39 is 17.8 Å². The Morgan fingerprint density at radius 1 is 0.920 bits per heavy atom. The number of hydrogen-bond donors (Lipinski definition) is 2. The molecular weight excluding hydrogens is 339 g/mol. The molecule has 0 aliphatic rings. The predicted molar refractivity (Wildman–Crippen MR) is 98.2 cm³/mol. The standard InChI is InChI=1S/C19H15FN2O2S/c20-16-7-3-4-8-17(16)21-19(24)22-18(23)12-25-15-10-9-13-5-1-2-6-14(13)11-15/h1-11H,12H2,(H2,21,22,23,24). The van der Waals surface area contributed by atoms with Crippen LogP contribution in [0.5, 0.6) is 0 Å². The van der Waals surface area contributed by atoms with Gasteiger partial charge in [-0.05, 0) is 35.0 Å². The maximum absolute atomic E-state index is 13.5. The smallest absolute Gasteiger partial charge is 0.305 e. The van der Waals surface area contributed by atoms with Crippen molar-refractivity contribution in [3.63, 3.8) is 0 Å². The molecule has 0 aromatic heterocycles. The number of carbonyl (C=O) groups is 2. The first-order valence-electron chi connectivity index (χ1n) is 7.59. The average Bonchev–Trinajstić information content (AvgIpc) is 2.62. The second kappa shape index (κ2) is 7.81. The molecule has 0 aliphatic heterocycles. The highest BCUT2D eigenvalue weighted by Gasteiger charge is 2.10. The molecule has 126 valence electrons. The van der Waals surface area contributed by atoms with E-state index in [4.69, 9.17) is 0 Å². The lowest BCUT2D eigenvalue weighted by atomic mass is 10.1. The maximum atomic E-state index is 13.5. The van der Waals surface area contributed by atoms with E-state index in [-0.39, 0.29) is 11.4 Å².